The second-order valence-corrected chi connectivity index (χ2v) is 3.25. The summed E-state index contributed by atoms with van der Waals surface area (Å²) in [6.45, 7) is 1.82. The van der Waals surface area contributed by atoms with E-state index in [1.165, 1.54) is 18.4 Å². The molecule has 0 bridgehead atoms. The zero-order valence-electron chi connectivity index (χ0n) is 8.15. The Morgan fingerprint density at radius 1 is 1.33 bits per heavy atom. The molecule has 0 fully saturated rings. The maximum Gasteiger partial charge on any atom is 0.202 e. The first-order valence-corrected chi connectivity index (χ1v) is 4.60. The number of phenolic OH excluding ortho intramolecular Hbond substituents is 2. The molecule has 2 N–H and O–H groups in total. The smallest absolute Gasteiger partial charge is 0.202 e. The molecule has 0 unspecified atom stereocenters. The predicted octanol–water partition coefficient (Wildman–Crippen LogP) is 1.77. The first-order chi connectivity index (χ1) is 7.15. The molecule has 0 aliphatic carbocycles. The fourth-order valence-electron chi connectivity index (χ4n) is 1.52. The van der Waals surface area contributed by atoms with Gasteiger partial charge in [0.15, 0.2) is 16.8 Å². The number of aryl methyl sites for hydroxylation is 1. The van der Waals surface area contributed by atoms with Crippen LogP contribution in [0.25, 0.3) is 11.0 Å². The first kappa shape index (κ1) is 9.58. The van der Waals surface area contributed by atoms with E-state index in [1.54, 1.807) is 0 Å². The molecule has 0 amide bonds. The topological polar surface area (TPSA) is 70.7 Å². The van der Waals surface area contributed by atoms with Gasteiger partial charge in [0, 0.05) is 6.07 Å². The minimum atomic E-state index is -0.373. The molecule has 4 nitrogen and oxygen atoms in total. The van der Waals surface area contributed by atoms with Crippen LogP contribution in [0.5, 0.6) is 11.5 Å². The molecule has 0 aliphatic rings. The van der Waals surface area contributed by atoms with Gasteiger partial charge in [-0.2, -0.15) is 0 Å². The molecule has 4 heteroatoms. The van der Waals surface area contributed by atoms with Gasteiger partial charge in [0.1, 0.15) is 0 Å². The summed E-state index contributed by atoms with van der Waals surface area (Å²) in [5.41, 5.74) is 0.317. The summed E-state index contributed by atoms with van der Waals surface area (Å²) in [7, 11) is 0. The van der Waals surface area contributed by atoms with Crippen LogP contribution >= 0.6 is 0 Å². The summed E-state index contributed by atoms with van der Waals surface area (Å²) in [5.74, 6) is -0.596. The van der Waals surface area contributed by atoms with Crippen molar-refractivity contribution >= 4 is 11.0 Å². The van der Waals surface area contributed by atoms with Crippen molar-refractivity contribution in [2.24, 2.45) is 0 Å². The zero-order valence-corrected chi connectivity index (χ0v) is 8.15. The van der Waals surface area contributed by atoms with E-state index in [-0.39, 0.29) is 27.9 Å². The largest absolute Gasteiger partial charge is 0.504 e. The van der Waals surface area contributed by atoms with Gasteiger partial charge in [0.05, 0.1) is 11.6 Å². The average molecular weight is 206 g/mol. The van der Waals surface area contributed by atoms with Crippen molar-refractivity contribution in [2.45, 2.75) is 13.3 Å². The third-order valence-corrected chi connectivity index (χ3v) is 2.36. The maximum atomic E-state index is 11.5. The van der Waals surface area contributed by atoms with Crippen LogP contribution in [0.3, 0.4) is 0 Å². The van der Waals surface area contributed by atoms with Gasteiger partial charge in [-0.1, -0.05) is 6.92 Å². The Labute approximate surface area is 85.4 Å². The fourth-order valence-corrected chi connectivity index (χ4v) is 1.52. The Kier molecular flexibility index (Phi) is 2.11. The minimum absolute atomic E-state index is 0.0252. The van der Waals surface area contributed by atoms with Crippen molar-refractivity contribution in [2.75, 3.05) is 0 Å². The molecule has 0 atom stereocenters. The molecule has 15 heavy (non-hydrogen) atoms. The van der Waals surface area contributed by atoms with Crippen molar-refractivity contribution in [3.05, 3.63) is 34.2 Å². The molecule has 2 aromatic rings. The molecule has 0 saturated heterocycles. The van der Waals surface area contributed by atoms with E-state index in [1.807, 2.05) is 6.92 Å². The lowest BCUT2D eigenvalue weighted by atomic mass is 10.1. The molecular formula is C11H10O4. The first-order valence-electron chi connectivity index (χ1n) is 4.60. The Morgan fingerprint density at radius 2 is 2.07 bits per heavy atom. The van der Waals surface area contributed by atoms with Crippen molar-refractivity contribution in [3.63, 3.8) is 0 Å². The highest BCUT2D eigenvalue weighted by Gasteiger charge is 2.13. The van der Waals surface area contributed by atoms with E-state index in [4.69, 9.17) is 4.42 Å². The van der Waals surface area contributed by atoms with Gasteiger partial charge in [-0.25, -0.2) is 0 Å². The second-order valence-electron chi connectivity index (χ2n) is 3.25. The highest BCUT2D eigenvalue weighted by Crippen LogP contribution is 2.35. The monoisotopic (exact) mass is 206 g/mol. The summed E-state index contributed by atoms with van der Waals surface area (Å²) >= 11 is 0. The quantitative estimate of drug-likeness (QED) is 0.697. The lowest BCUT2D eigenvalue weighted by Gasteiger charge is -2.06. The average Bonchev–Trinajstić information content (AvgIpc) is 2.24. The molecule has 0 radical (unpaired) electrons. The molecule has 0 aliphatic heterocycles. The summed E-state index contributed by atoms with van der Waals surface area (Å²) < 4.78 is 4.99. The fraction of sp³-hybridized carbons (Fsp3) is 0.182. The van der Waals surface area contributed by atoms with E-state index < -0.39 is 0 Å². The molecule has 78 valence electrons. The van der Waals surface area contributed by atoms with Crippen molar-refractivity contribution in [1.82, 2.24) is 0 Å². The van der Waals surface area contributed by atoms with E-state index >= 15 is 0 Å². The van der Waals surface area contributed by atoms with Crippen LogP contribution in [0, 0.1) is 0 Å². The van der Waals surface area contributed by atoms with Crippen LogP contribution in [0.2, 0.25) is 0 Å². The standard InChI is InChI=1S/C11H10O4/c1-2-6-5-7-8(12)3-4-15-11(7)10(14)9(6)13/h3-5,13-14H,2H2,1H3. The highest BCUT2D eigenvalue weighted by molar-refractivity contribution is 5.86. The normalized spacial score (nSPS) is 10.7. The van der Waals surface area contributed by atoms with Gasteiger partial charge in [-0.15, -0.1) is 0 Å². The van der Waals surface area contributed by atoms with Crippen LogP contribution in [0.4, 0.5) is 0 Å². The van der Waals surface area contributed by atoms with Gasteiger partial charge in [0.25, 0.3) is 0 Å². The Bertz CT molecular complexity index is 569. The number of phenols is 2. The van der Waals surface area contributed by atoms with Crippen LogP contribution in [0.15, 0.2) is 27.6 Å². The molecular weight excluding hydrogens is 196 g/mol. The third-order valence-electron chi connectivity index (χ3n) is 2.36. The second kappa shape index (κ2) is 3.31. The number of hydrogen-bond acceptors (Lipinski definition) is 4. The summed E-state index contributed by atoms with van der Waals surface area (Å²) in [4.78, 5) is 11.5. The van der Waals surface area contributed by atoms with Crippen LogP contribution < -0.4 is 5.43 Å². The van der Waals surface area contributed by atoms with Gasteiger partial charge >= 0.3 is 0 Å². The van der Waals surface area contributed by atoms with Crippen molar-refractivity contribution < 1.29 is 14.6 Å². The zero-order chi connectivity index (χ0) is 11.0. The third kappa shape index (κ3) is 1.34. The van der Waals surface area contributed by atoms with Gasteiger partial charge < -0.3 is 14.6 Å². The molecule has 2 rings (SSSR count). The maximum absolute atomic E-state index is 11.5. The minimum Gasteiger partial charge on any atom is -0.504 e. The van der Waals surface area contributed by atoms with Crippen LogP contribution in [0.1, 0.15) is 12.5 Å². The molecule has 1 aromatic carbocycles. The number of fused-ring (bicyclic) bond motifs is 1. The van der Waals surface area contributed by atoms with Crippen LogP contribution in [-0.2, 0) is 6.42 Å². The van der Waals surface area contributed by atoms with Crippen molar-refractivity contribution in [1.29, 1.82) is 0 Å². The van der Waals surface area contributed by atoms with Crippen LogP contribution in [-0.4, -0.2) is 10.2 Å². The van der Waals surface area contributed by atoms with Crippen molar-refractivity contribution in [3.8, 4) is 11.5 Å². The van der Waals surface area contributed by atoms with E-state index in [0.717, 1.165) is 0 Å². The number of hydrogen-bond donors (Lipinski definition) is 2. The summed E-state index contributed by atoms with van der Waals surface area (Å²) in [6.07, 6.45) is 1.72. The molecule has 0 spiro atoms. The SMILES string of the molecule is CCc1cc2c(=O)ccoc2c(O)c1O. The Balaban J connectivity index is 2.97. The number of benzene rings is 1. The Hall–Kier alpha value is -1.97. The van der Waals surface area contributed by atoms with E-state index in [9.17, 15) is 15.0 Å². The molecule has 1 heterocycles. The van der Waals surface area contributed by atoms with E-state index in [2.05, 4.69) is 0 Å². The molecule has 1 aromatic heterocycles. The number of aromatic hydroxyl groups is 2. The van der Waals surface area contributed by atoms with Gasteiger partial charge in [-0.3, -0.25) is 4.79 Å². The lowest BCUT2D eigenvalue weighted by Crippen LogP contribution is -1.99. The summed E-state index contributed by atoms with van der Waals surface area (Å²) in [6, 6.07) is 2.81. The summed E-state index contributed by atoms with van der Waals surface area (Å²) in [5, 5.41) is 19.5. The van der Waals surface area contributed by atoms with E-state index in [0.29, 0.717) is 12.0 Å². The van der Waals surface area contributed by atoms with Gasteiger partial charge in [0.2, 0.25) is 5.75 Å². The van der Waals surface area contributed by atoms with Gasteiger partial charge in [-0.05, 0) is 18.1 Å². The number of rotatable bonds is 1. The Morgan fingerprint density at radius 3 is 2.73 bits per heavy atom. The predicted molar refractivity (Wildman–Crippen MR) is 55.2 cm³/mol. The highest BCUT2D eigenvalue weighted by atomic mass is 16.4. The lowest BCUT2D eigenvalue weighted by molar-refractivity contribution is 0.396. The molecule has 0 saturated carbocycles.